The first-order valence-electron chi connectivity index (χ1n) is 6.50. The van der Waals surface area contributed by atoms with E-state index < -0.39 is 23.3 Å². The summed E-state index contributed by atoms with van der Waals surface area (Å²) in [4.78, 5) is 0. The van der Waals surface area contributed by atoms with E-state index in [2.05, 4.69) is 15.5 Å². The Hall–Kier alpha value is -2.90. The van der Waals surface area contributed by atoms with E-state index in [1.54, 1.807) is 0 Å². The average Bonchev–Trinajstić information content (AvgIpc) is 3.02. The molecule has 0 unspecified atom stereocenters. The Morgan fingerprint density at radius 3 is 2.35 bits per heavy atom. The van der Waals surface area contributed by atoms with Gasteiger partial charge in [0, 0.05) is 5.56 Å². The Balaban J connectivity index is 1.73. The molecular formula is C15H9F4N3O. The molecule has 0 bridgehead atoms. The Bertz CT molecular complexity index is 833. The van der Waals surface area contributed by atoms with E-state index >= 15 is 0 Å². The number of halogens is 4. The highest BCUT2D eigenvalue weighted by molar-refractivity contribution is 5.52. The molecule has 0 aliphatic heterocycles. The van der Waals surface area contributed by atoms with Gasteiger partial charge in [0.1, 0.15) is 5.82 Å². The lowest BCUT2D eigenvalue weighted by Crippen LogP contribution is -2.04. The molecule has 1 heterocycles. The van der Waals surface area contributed by atoms with Gasteiger partial charge in [0.2, 0.25) is 11.8 Å². The maximum absolute atomic E-state index is 13.5. The van der Waals surface area contributed by atoms with Crippen LogP contribution in [0.3, 0.4) is 0 Å². The zero-order chi connectivity index (χ0) is 16.4. The van der Waals surface area contributed by atoms with Crippen LogP contribution in [0.5, 0.6) is 0 Å². The van der Waals surface area contributed by atoms with Crippen molar-refractivity contribution in [3.05, 3.63) is 65.6 Å². The van der Waals surface area contributed by atoms with Gasteiger partial charge >= 0.3 is 0 Å². The first-order chi connectivity index (χ1) is 11.0. The maximum atomic E-state index is 13.5. The zero-order valence-corrected chi connectivity index (χ0v) is 11.5. The average molecular weight is 323 g/mol. The van der Waals surface area contributed by atoms with Crippen LogP contribution < -0.4 is 5.32 Å². The van der Waals surface area contributed by atoms with Gasteiger partial charge in [-0.2, -0.15) is 0 Å². The molecule has 8 heteroatoms. The van der Waals surface area contributed by atoms with Crippen LogP contribution in [0.25, 0.3) is 11.5 Å². The summed E-state index contributed by atoms with van der Waals surface area (Å²) in [6, 6.07) is 7.29. The van der Waals surface area contributed by atoms with Crippen molar-refractivity contribution >= 4 is 5.69 Å². The molecule has 0 saturated carbocycles. The Morgan fingerprint density at radius 1 is 0.870 bits per heavy atom. The minimum atomic E-state index is -1.56. The van der Waals surface area contributed by atoms with Crippen molar-refractivity contribution in [3.8, 4) is 11.5 Å². The second kappa shape index (κ2) is 6.07. The van der Waals surface area contributed by atoms with E-state index in [0.29, 0.717) is 5.56 Å². The molecule has 2 aromatic carbocycles. The van der Waals surface area contributed by atoms with Crippen molar-refractivity contribution in [2.24, 2.45) is 0 Å². The first-order valence-corrected chi connectivity index (χ1v) is 6.50. The molecule has 1 aromatic heterocycles. The fraction of sp³-hybridized carbons (Fsp3) is 0.0667. The van der Waals surface area contributed by atoms with Crippen molar-refractivity contribution in [1.82, 2.24) is 10.2 Å². The SMILES string of the molecule is Fc1ccc(-c2nnc(CNc3ccc(F)c(F)c3F)o2)cc1. The molecule has 3 rings (SSSR count). The van der Waals surface area contributed by atoms with Gasteiger partial charge in [-0.25, -0.2) is 17.6 Å². The Morgan fingerprint density at radius 2 is 1.61 bits per heavy atom. The normalized spacial score (nSPS) is 10.8. The summed E-state index contributed by atoms with van der Waals surface area (Å²) >= 11 is 0. The summed E-state index contributed by atoms with van der Waals surface area (Å²) < 4.78 is 57.6. The first kappa shape index (κ1) is 15.0. The summed E-state index contributed by atoms with van der Waals surface area (Å²) in [6.45, 7) is -0.0871. The summed E-state index contributed by atoms with van der Waals surface area (Å²) in [6.07, 6.45) is 0. The van der Waals surface area contributed by atoms with Crippen molar-refractivity contribution in [1.29, 1.82) is 0 Å². The van der Waals surface area contributed by atoms with Crippen molar-refractivity contribution in [2.75, 3.05) is 5.32 Å². The number of hydrogen-bond acceptors (Lipinski definition) is 4. The highest BCUT2D eigenvalue weighted by atomic mass is 19.2. The summed E-state index contributed by atoms with van der Waals surface area (Å²) in [5, 5.41) is 10.0. The van der Waals surface area contributed by atoms with Gasteiger partial charge in [-0.3, -0.25) is 0 Å². The van der Waals surface area contributed by atoms with Crippen LogP contribution in [0, 0.1) is 23.3 Å². The second-order valence-electron chi connectivity index (χ2n) is 4.58. The van der Waals surface area contributed by atoms with Crippen LogP contribution in [-0.2, 0) is 6.54 Å². The molecule has 0 aliphatic carbocycles. The van der Waals surface area contributed by atoms with Crippen molar-refractivity contribution in [2.45, 2.75) is 6.54 Å². The molecule has 3 aromatic rings. The van der Waals surface area contributed by atoms with Gasteiger partial charge in [0.25, 0.3) is 0 Å². The number of anilines is 1. The molecular weight excluding hydrogens is 314 g/mol. The molecule has 118 valence electrons. The lowest BCUT2D eigenvalue weighted by molar-refractivity contribution is 0.448. The molecule has 4 nitrogen and oxygen atoms in total. The summed E-state index contributed by atoms with van der Waals surface area (Å²) in [5.41, 5.74) is 0.287. The molecule has 0 saturated heterocycles. The van der Waals surface area contributed by atoms with Gasteiger partial charge < -0.3 is 9.73 Å². The molecule has 0 radical (unpaired) electrons. The predicted molar refractivity (Wildman–Crippen MR) is 73.3 cm³/mol. The number of rotatable bonds is 4. The maximum Gasteiger partial charge on any atom is 0.247 e. The number of nitrogens with one attached hydrogen (secondary N) is 1. The smallest absolute Gasteiger partial charge is 0.247 e. The third-order valence-corrected chi connectivity index (χ3v) is 3.02. The van der Waals surface area contributed by atoms with Crippen molar-refractivity contribution in [3.63, 3.8) is 0 Å². The molecule has 0 fully saturated rings. The van der Waals surface area contributed by atoms with E-state index in [4.69, 9.17) is 4.42 Å². The third-order valence-electron chi connectivity index (χ3n) is 3.02. The molecule has 0 amide bonds. The van der Waals surface area contributed by atoms with Gasteiger partial charge in [0.15, 0.2) is 17.5 Å². The van der Waals surface area contributed by atoms with Crippen LogP contribution in [0.15, 0.2) is 40.8 Å². The highest BCUT2D eigenvalue weighted by Gasteiger charge is 2.14. The van der Waals surface area contributed by atoms with Crippen LogP contribution in [0.1, 0.15) is 5.89 Å². The fourth-order valence-corrected chi connectivity index (χ4v) is 1.87. The monoisotopic (exact) mass is 323 g/mol. The zero-order valence-electron chi connectivity index (χ0n) is 11.5. The van der Waals surface area contributed by atoms with E-state index in [-0.39, 0.29) is 24.0 Å². The van der Waals surface area contributed by atoms with E-state index in [1.165, 1.54) is 24.3 Å². The predicted octanol–water partition coefficient (Wildman–Crippen LogP) is 3.91. The molecule has 0 aliphatic rings. The lowest BCUT2D eigenvalue weighted by atomic mass is 10.2. The van der Waals surface area contributed by atoms with E-state index in [0.717, 1.165) is 12.1 Å². The van der Waals surface area contributed by atoms with Crippen LogP contribution in [0.4, 0.5) is 23.2 Å². The van der Waals surface area contributed by atoms with Crippen LogP contribution in [-0.4, -0.2) is 10.2 Å². The summed E-state index contributed by atoms with van der Waals surface area (Å²) in [5.74, 6) is -4.30. The minimum Gasteiger partial charge on any atom is -0.419 e. The Kier molecular flexibility index (Phi) is 3.96. The van der Waals surface area contributed by atoms with Gasteiger partial charge in [-0.15, -0.1) is 10.2 Å². The largest absolute Gasteiger partial charge is 0.419 e. The second-order valence-corrected chi connectivity index (χ2v) is 4.58. The lowest BCUT2D eigenvalue weighted by Gasteiger charge is -2.05. The van der Waals surface area contributed by atoms with E-state index in [1.807, 2.05) is 0 Å². The van der Waals surface area contributed by atoms with Crippen LogP contribution in [0.2, 0.25) is 0 Å². The molecule has 0 atom stereocenters. The number of nitrogens with zero attached hydrogens (tertiary/aromatic N) is 2. The number of hydrogen-bond donors (Lipinski definition) is 1. The number of aromatic nitrogens is 2. The van der Waals surface area contributed by atoms with Gasteiger partial charge in [-0.1, -0.05) is 0 Å². The number of benzene rings is 2. The Labute approximate surface area is 127 Å². The van der Waals surface area contributed by atoms with Gasteiger partial charge in [-0.05, 0) is 36.4 Å². The highest BCUT2D eigenvalue weighted by Crippen LogP contribution is 2.21. The summed E-state index contributed by atoms with van der Waals surface area (Å²) in [7, 11) is 0. The molecule has 0 spiro atoms. The molecule has 23 heavy (non-hydrogen) atoms. The third kappa shape index (κ3) is 3.15. The van der Waals surface area contributed by atoms with Crippen LogP contribution >= 0.6 is 0 Å². The quantitative estimate of drug-likeness (QED) is 0.584. The standard InChI is InChI=1S/C15H9F4N3O/c16-9-3-1-8(2-4-9)15-22-21-12(23-15)7-20-11-6-5-10(17)13(18)14(11)19/h1-6,20H,7H2. The van der Waals surface area contributed by atoms with Crippen molar-refractivity contribution < 1.29 is 22.0 Å². The minimum absolute atomic E-state index is 0.0871. The molecule has 1 N–H and O–H groups in total. The van der Waals surface area contributed by atoms with E-state index in [9.17, 15) is 17.6 Å². The fourth-order valence-electron chi connectivity index (χ4n) is 1.87. The topological polar surface area (TPSA) is 51.0 Å². The van der Waals surface area contributed by atoms with Gasteiger partial charge in [0.05, 0.1) is 12.2 Å².